The summed E-state index contributed by atoms with van der Waals surface area (Å²) in [6, 6.07) is 16.1. The van der Waals surface area contributed by atoms with E-state index in [-0.39, 0.29) is 18.5 Å². The number of para-hydroxylation sites is 1. The van der Waals surface area contributed by atoms with Crippen LogP contribution in [0.1, 0.15) is 24.0 Å². The van der Waals surface area contributed by atoms with Crippen LogP contribution in [0.25, 0.3) is 0 Å². The van der Waals surface area contributed by atoms with E-state index in [2.05, 4.69) is 13.1 Å². The standard InChI is InChI=1S/C21H27NO3.ClH/c1-22-15-20(24)14-18(22)11-12-25-21-8-3-2-6-17(21)10-9-16-5-4-7-19(23)13-16;/h2-8,13,18,20,23-24H,9-12,14-15H2,1H3;1H/t18-,20-;/m1./s1. The molecule has 0 aliphatic carbocycles. The van der Waals surface area contributed by atoms with E-state index in [0.29, 0.717) is 18.4 Å². The number of rotatable bonds is 7. The van der Waals surface area contributed by atoms with Gasteiger partial charge in [0.25, 0.3) is 0 Å². The molecule has 26 heavy (non-hydrogen) atoms. The second-order valence-corrected chi connectivity index (χ2v) is 7.05. The summed E-state index contributed by atoms with van der Waals surface area (Å²) in [5.41, 5.74) is 2.32. The lowest BCUT2D eigenvalue weighted by Gasteiger charge is -2.17. The number of aliphatic hydroxyl groups is 1. The lowest BCUT2D eigenvalue weighted by atomic mass is 10.0. The van der Waals surface area contributed by atoms with Gasteiger partial charge < -0.3 is 32.3 Å². The average molecular weight is 378 g/mol. The molecule has 0 aromatic heterocycles. The fraction of sp³-hybridized carbons (Fsp3) is 0.429. The molecule has 142 valence electrons. The van der Waals surface area contributed by atoms with Gasteiger partial charge in [0.1, 0.15) is 24.1 Å². The lowest BCUT2D eigenvalue weighted by molar-refractivity contribution is -0.893. The van der Waals surface area contributed by atoms with Crippen LogP contribution in [-0.4, -0.2) is 42.6 Å². The van der Waals surface area contributed by atoms with Crippen molar-refractivity contribution >= 4 is 0 Å². The number of nitrogens with one attached hydrogen (secondary N) is 1. The maximum absolute atomic E-state index is 9.75. The monoisotopic (exact) mass is 377 g/mol. The SMILES string of the molecule is C[NH+]1C[C@H](O)C[C@H]1CCOc1ccccc1CCc1cccc(O)c1.[Cl-]. The van der Waals surface area contributed by atoms with E-state index in [0.717, 1.165) is 43.5 Å². The van der Waals surface area contributed by atoms with Gasteiger partial charge in [0.2, 0.25) is 0 Å². The van der Waals surface area contributed by atoms with E-state index in [1.807, 2.05) is 36.4 Å². The molecule has 0 bridgehead atoms. The van der Waals surface area contributed by atoms with Gasteiger partial charge >= 0.3 is 0 Å². The van der Waals surface area contributed by atoms with E-state index < -0.39 is 0 Å². The second kappa shape index (κ2) is 9.81. The highest BCUT2D eigenvalue weighted by Crippen LogP contribution is 2.21. The van der Waals surface area contributed by atoms with Gasteiger partial charge in [0.05, 0.1) is 19.7 Å². The Morgan fingerprint density at radius 1 is 1.12 bits per heavy atom. The van der Waals surface area contributed by atoms with Crippen molar-refractivity contribution in [2.75, 3.05) is 20.2 Å². The molecule has 1 unspecified atom stereocenters. The maximum Gasteiger partial charge on any atom is 0.122 e. The Kier molecular flexibility index (Phi) is 7.76. The van der Waals surface area contributed by atoms with Gasteiger partial charge in [-0.2, -0.15) is 0 Å². The van der Waals surface area contributed by atoms with Gasteiger partial charge in [-0.15, -0.1) is 0 Å². The summed E-state index contributed by atoms with van der Waals surface area (Å²) in [4.78, 5) is 1.40. The summed E-state index contributed by atoms with van der Waals surface area (Å²) in [5, 5.41) is 19.3. The van der Waals surface area contributed by atoms with Crippen molar-refractivity contribution in [1.82, 2.24) is 0 Å². The summed E-state index contributed by atoms with van der Waals surface area (Å²) in [6.45, 7) is 1.52. The number of aryl methyl sites for hydroxylation is 2. The third-order valence-corrected chi connectivity index (χ3v) is 5.10. The fourth-order valence-corrected chi connectivity index (χ4v) is 3.67. The number of hydrogen-bond acceptors (Lipinski definition) is 3. The summed E-state index contributed by atoms with van der Waals surface area (Å²) in [7, 11) is 2.14. The molecule has 1 saturated heterocycles. The predicted octanol–water partition coefficient (Wildman–Crippen LogP) is -1.40. The molecule has 0 saturated carbocycles. The molecule has 0 radical (unpaired) electrons. The molecule has 2 aromatic carbocycles. The van der Waals surface area contributed by atoms with Crippen molar-refractivity contribution in [2.45, 2.75) is 37.8 Å². The number of likely N-dealkylation sites (N-methyl/N-ethyl adjacent to an activating group) is 1. The first-order valence-corrected chi connectivity index (χ1v) is 9.11. The molecule has 3 atom stereocenters. The zero-order valence-electron chi connectivity index (χ0n) is 15.2. The molecular weight excluding hydrogens is 350 g/mol. The number of aliphatic hydroxyl groups excluding tert-OH is 1. The molecule has 3 rings (SSSR count). The Hall–Kier alpha value is -1.75. The Bertz CT molecular complexity index is 694. The fourth-order valence-electron chi connectivity index (χ4n) is 3.67. The molecule has 0 amide bonds. The maximum atomic E-state index is 9.75. The number of aromatic hydroxyl groups is 1. The zero-order chi connectivity index (χ0) is 17.6. The van der Waals surface area contributed by atoms with Crippen LogP contribution in [0.3, 0.4) is 0 Å². The average Bonchev–Trinajstić information content (AvgIpc) is 2.91. The van der Waals surface area contributed by atoms with Crippen molar-refractivity contribution in [2.24, 2.45) is 0 Å². The molecule has 1 aliphatic heterocycles. The third-order valence-electron chi connectivity index (χ3n) is 5.10. The van der Waals surface area contributed by atoms with Crippen molar-refractivity contribution in [1.29, 1.82) is 0 Å². The van der Waals surface area contributed by atoms with Gasteiger partial charge in [-0.25, -0.2) is 0 Å². The number of halogens is 1. The summed E-state index contributed by atoms with van der Waals surface area (Å²) < 4.78 is 6.05. The highest BCUT2D eigenvalue weighted by Gasteiger charge is 2.31. The Morgan fingerprint density at radius 3 is 2.65 bits per heavy atom. The van der Waals surface area contributed by atoms with Crippen molar-refractivity contribution in [3.8, 4) is 11.5 Å². The van der Waals surface area contributed by atoms with Crippen LogP contribution in [0.5, 0.6) is 11.5 Å². The van der Waals surface area contributed by atoms with Crippen LogP contribution in [-0.2, 0) is 12.8 Å². The number of hydrogen-bond donors (Lipinski definition) is 3. The molecule has 0 spiro atoms. The molecule has 5 heteroatoms. The summed E-state index contributed by atoms with van der Waals surface area (Å²) in [6.07, 6.45) is 3.42. The van der Waals surface area contributed by atoms with Crippen molar-refractivity contribution < 1.29 is 32.3 Å². The second-order valence-electron chi connectivity index (χ2n) is 7.05. The van der Waals surface area contributed by atoms with Gasteiger partial charge in [0, 0.05) is 12.8 Å². The molecule has 1 fully saturated rings. The molecule has 2 aromatic rings. The quantitative estimate of drug-likeness (QED) is 0.556. The minimum absolute atomic E-state index is 0. The van der Waals surface area contributed by atoms with Crippen LogP contribution < -0.4 is 22.0 Å². The van der Waals surface area contributed by atoms with Gasteiger partial charge in [-0.05, 0) is 42.2 Å². The van der Waals surface area contributed by atoms with E-state index >= 15 is 0 Å². The van der Waals surface area contributed by atoms with E-state index in [1.165, 1.54) is 10.5 Å². The first-order valence-electron chi connectivity index (χ1n) is 9.11. The Balaban J connectivity index is 0.00000243. The number of phenols is 1. The van der Waals surface area contributed by atoms with Crippen LogP contribution in [0.15, 0.2) is 48.5 Å². The number of phenolic OH excluding ortho intramolecular Hbond substituents is 1. The first-order chi connectivity index (χ1) is 12.1. The molecular formula is C21H28ClNO3. The molecule has 3 N–H and O–H groups in total. The number of quaternary nitrogens is 1. The van der Waals surface area contributed by atoms with E-state index in [1.54, 1.807) is 6.07 Å². The summed E-state index contributed by atoms with van der Waals surface area (Å²) in [5.74, 6) is 1.26. The van der Waals surface area contributed by atoms with Crippen LogP contribution in [0.2, 0.25) is 0 Å². The van der Waals surface area contributed by atoms with Gasteiger partial charge in [-0.3, -0.25) is 0 Å². The highest BCUT2D eigenvalue weighted by atomic mass is 35.5. The highest BCUT2D eigenvalue weighted by molar-refractivity contribution is 5.35. The number of likely N-dealkylation sites (tertiary alicyclic amines) is 1. The van der Waals surface area contributed by atoms with Crippen LogP contribution in [0, 0.1) is 0 Å². The summed E-state index contributed by atoms with van der Waals surface area (Å²) >= 11 is 0. The molecule has 1 aliphatic rings. The van der Waals surface area contributed by atoms with Gasteiger partial charge in [-0.1, -0.05) is 30.3 Å². The minimum atomic E-state index is -0.167. The van der Waals surface area contributed by atoms with E-state index in [9.17, 15) is 10.2 Å². The smallest absolute Gasteiger partial charge is 0.122 e. The van der Waals surface area contributed by atoms with Crippen molar-refractivity contribution in [3.63, 3.8) is 0 Å². The molecule has 1 heterocycles. The van der Waals surface area contributed by atoms with Crippen LogP contribution >= 0.6 is 0 Å². The lowest BCUT2D eigenvalue weighted by Crippen LogP contribution is -3.11. The molecule has 4 nitrogen and oxygen atoms in total. The third kappa shape index (κ3) is 5.63. The zero-order valence-corrected chi connectivity index (χ0v) is 16.0. The number of ether oxygens (including phenoxy) is 1. The Labute approximate surface area is 161 Å². The normalized spacial score (nSPS) is 22.0. The minimum Gasteiger partial charge on any atom is -1.00 e. The van der Waals surface area contributed by atoms with Crippen LogP contribution in [0.4, 0.5) is 0 Å². The number of benzene rings is 2. The van der Waals surface area contributed by atoms with Gasteiger partial charge in [0.15, 0.2) is 0 Å². The largest absolute Gasteiger partial charge is 1.00 e. The predicted molar refractivity (Wildman–Crippen MR) is 98.2 cm³/mol. The Morgan fingerprint density at radius 2 is 1.92 bits per heavy atom. The first kappa shape index (κ1) is 20.6. The van der Waals surface area contributed by atoms with E-state index in [4.69, 9.17) is 4.74 Å². The van der Waals surface area contributed by atoms with Crippen molar-refractivity contribution in [3.05, 3.63) is 59.7 Å². The topological polar surface area (TPSA) is 54.1 Å².